The SMILES string of the molecule is N#Cc1coc2c(-c3ccc(C(=O)O)c(O)c3)cccc12. The molecule has 0 unspecified atom stereocenters. The molecular formula is C16H9NO4. The summed E-state index contributed by atoms with van der Waals surface area (Å²) in [6.07, 6.45) is 1.37. The molecule has 1 aromatic heterocycles. The topological polar surface area (TPSA) is 94.5 Å². The Morgan fingerprint density at radius 1 is 1.24 bits per heavy atom. The number of carboxylic acids is 1. The lowest BCUT2D eigenvalue weighted by Gasteiger charge is -2.05. The monoisotopic (exact) mass is 279 g/mol. The van der Waals surface area contributed by atoms with Crippen LogP contribution in [0.3, 0.4) is 0 Å². The van der Waals surface area contributed by atoms with E-state index in [9.17, 15) is 9.90 Å². The molecule has 0 spiro atoms. The second-order valence-electron chi connectivity index (χ2n) is 4.48. The minimum atomic E-state index is -1.19. The summed E-state index contributed by atoms with van der Waals surface area (Å²) in [6.45, 7) is 0. The first-order valence-electron chi connectivity index (χ1n) is 6.09. The van der Waals surface area contributed by atoms with Crippen molar-refractivity contribution in [2.24, 2.45) is 0 Å². The van der Waals surface area contributed by atoms with Gasteiger partial charge in [0.2, 0.25) is 0 Å². The third-order valence-corrected chi connectivity index (χ3v) is 3.26. The first-order valence-corrected chi connectivity index (χ1v) is 6.09. The third-order valence-electron chi connectivity index (χ3n) is 3.26. The van der Waals surface area contributed by atoms with Crippen molar-refractivity contribution >= 4 is 16.9 Å². The second kappa shape index (κ2) is 4.69. The molecular weight excluding hydrogens is 270 g/mol. The zero-order valence-corrected chi connectivity index (χ0v) is 10.7. The molecule has 0 saturated heterocycles. The Kier molecular flexibility index (Phi) is 2.85. The molecule has 0 fully saturated rings. The number of phenols is 1. The van der Waals surface area contributed by atoms with Gasteiger partial charge in [0.05, 0.1) is 5.56 Å². The maximum absolute atomic E-state index is 10.9. The van der Waals surface area contributed by atoms with Gasteiger partial charge in [-0.05, 0) is 23.8 Å². The van der Waals surface area contributed by atoms with Crippen LogP contribution >= 0.6 is 0 Å². The average Bonchev–Trinajstić information content (AvgIpc) is 2.89. The van der Waals surface area contributed by atoms with Crippen LogP contribution in [-0.4, -0.2) is 16.2 Å². The average molecular weight is 279 g/mol. The Morgan fingerprint density at radius 3 is 2.71 bits per heavy atom. The van der Waals surface area contributed by atoms with E-state index in [2.05, 4.69) is 0 Å². The van der Waals surface area contributed by atoms with Crippen molar-refractivity contribution < 1.29 is 19.4 Å². The zero-order chi connectivity index (χ0) is 15.0. The molecule has 0 aliphatic rings. The van der Waals surface area contributed by atoms with Crippen LogP contribution in [0.4, 0.5) is 0 Å². The van der Waals surface area contributed by atoms with E-state index >= 15 is 0 Å². The smallest absolute Gasteiger partial charge is 0.339 e. The van der Waals surface area contributed by atoms with Gasteiger partial charge >= 0.3 is 5.97 Å². The summed E-state index contributed by atoms with van der Waals surface area (Å²) in [6, 6.07) is 11.7. The molecule has 2 aromatic carbocycles. The van der Waals surface area contributed by atoms with E-state index in [0.717, 1.165) is 0 Å². The van der Waals surface area contributed by atoms with E-state index in [-0.39, 0.29) is 11.3 Å². The fraction of sp³-hybridized carbons (Fsp3) is 0. The Balaban J connectivity index is 2.22. The number of nitrogens with zero attached hydrogens (tertiary/aromatic N) is 1. The van der Waals surface area contributed by atoms with Gasteiger partial charge in [0.1, 0.15) is 29.2 Å². The molecule has 0 amide bonds. The van der Waals surface area contributed by atoms with E-state index < -0.39 is 5.97 Å². The van der Waals surface area contributed by atoms with Crippen LogP contribution in [0.2, 0.25) is 0 Å². The minimum Gasteiger partial charge on any atom is -0.507 e. The van der Waals surface area contributed by atoms with Crippen molar-refractivity contribution in [3.8, 4) is 22.9 Å². The quantitative estimate of drug-likeness (QED) is 0.749. The van der Waals surface area contributed by atoms with Gasteiger partial charge < -0.3 is 14.6 Å². The van der Waals surface area contributed by atoms with Crippen LogP contribution in [0, 0.1) is 11.3 Å². The van der Waals surface area contributed by atoms with Crippen LogP contribution in [0.15, 0.2) is 47.1 Å². The van der Waals surface area contributed by atoms with Gasteiger partial charge in [-0.3, -0.25) is 0 Å². The van der Waals surface area contributed by atoms with Gasteiger partial charge in [-0.2, -0.15) is 5.26 Å². The van der Waals surface area contributed by atoms with E-state index in [4.69, 9.17) is 14.8 Å². The van der Waals surface area contributed by atoms with Crippen molar-refractivity contribution in [1.82, 2.24) is 0 Å². The summed E-state index contributed by atoms with van der Waals surface area (Å²) in [5, 5.41) is 28.4. The molecule has 3 aromatic rings. The minimum absolute atomic E-state index is 0.164. The van der Waals surface area contributed by atoms with Gasteiger partial charge in [-0.15, -0.1) is 0 Å². The van der Waals surface area contributed by atoms with Crippen molar-refractivity contribution in [1.29, 1.82) is 5.26 Å². The number of hydrogen-bond donors (Lipinski definition) is 2. The van der Waals surface area contributed by atoms with E-state index in [1.54, 1.807) is 24.3 Å². The Hall–Kier alpha value is -3.26. The number of carbonyl (C=O) groups is 1. The molecule has 0 saturated carbocycles. The van der Waals surface area contributed by atoms with Gasteiger partial charge in [-0.25, -0.2) is 4.79 Å². The molecule has 1 heterocycles. The molecule has 5 nitrogen and oxygen atoms in total. The number of aromatic carboxylic acids is 1. The first kappa shape index (κ1) is 12.8. The molecule has 0 aliphatic carbocycles. The maximum Gasteiger partial charge on any atom is 0.339 e. The van der Waals surface area contributed by atoms with Gasteiger partial charge in [0, 0.05) is 10.9 Å². The van der Waals surface area contributed by atoms with Crippen LogP contribution in [-0.2, 0) is 0 Å². The van der Waals surface area contributed by atoms with Crippen LogP contribution in [0.1, 0.15) is 15.9 Å². The number of hydrogen-bond acceptors (Lipinski definition) is 4. The number of carboxylic acid groups (broad SMARTS) is 1. The summed E-state index contributed by atoms with van der Waals surface area (Å²) in [5.74, 6) is -1.51. The summed E-state index contributed by atoms with van der Waals surface area (Å²) in [5.41, 5.74) is 2.08. The highest BCUT2D eigenvalue weighted by Crippen LogP contribution is 2.33. The highest BCUT2D eigenvalue weighted by Gasteiger charge is 2.14. The molecule has 102 valence electrons. The summed E-state index contributed by atoms with van der Waals surface area (Å²) < 4.78 is 5.42. The largest absolute Gasteiger partial charge is 0.507 e. The summed E-state index contributed by atoms with van der Waals surface area (Å²) >= 11 is 0. The predicted octanol–water partition coefficient (Wildman–Crippen LogP) is 3.38. The van der Waals surface area contributed by atoms with Crippen molar-refractivity contribution in [3.63, 3.8) is 0 Å². The number of benzene rings is 2. The van der Waals surface area contributed by atoms with E-state index in [1.807, 2.05) is 6.07 Å². The number of para-hydroxylation sites is 1. The Morgan fingerprint density at radius 2 is 2.05 bits per heavy atom. The fourth-order valence-corrected chi connectivity index (χ4v) is 2.25. The Labute approximate surface area is 119 Å². The van der Waals surface area contributed by atoms with Crippen LogP contribution in [0.25, 0.3) is 22.1 Å². The zero-order valence-electron chi connectivity index (χ0n) is 10.7. The summed E-state index contributed by atoms with van der Waals surface area (Å²) in [7, 11) is 0. The van der Waals surface area contributed by atoms with Crippen molar-refractivity contribution in [2.45, 2.75) is 0 Å². The summed E-state index contributed by atoms with van der Waals surface area (Å²) in [4.78, 5) is 10.9. The normalized spacial score (nSPS) is 10.4. The van der Waals surface area contributed by atoms with Gasteiger partial charge in [0.25, 0.3) is 0 Å². The lowest BCUT2D eigenvalue weighted by atomic mass is 10.0. The van der Waals surface area contributed by atoms with Crippen LogP contribution < -0.4 is 0 Å². The van der Waals surface area contributed by atoms with Gasteiger partial charge in [0.15, 0.2) is 0 Å². The lowest BCUT2D eigenvalue weighted by Crippen LogP contribution is -1.96. The number of furan rings is 1. The number of rotatable bonds is 2. The highest BCUT2D eigenvalue weighted by molar-refractivity contribution is 5.97. The molecule has 0 bridgehead atoms. The Bertz CT molecular complexity index is 902. The molecule has 3 rings (SSSR count). The lowest BCUT2D eigenvalue weighted by molar-refractivity contribution is 0.0694. The molecule has 0 radical (unpaired) electrons. The first-order chi connectivity index (χ1) is 10.1. The molecule has 0 aliphatic heterocycles. The fourth-order valence-electron chi connectivity index (χ4n) is 2.25. The number of nitriles is 1. The van der Waals surface area contributed by atoms with E-state index in [0.29, 0.717) is 27.7 Å². The maximum atomic E-state index is 10.9. The molecule has 21 heavy (non-hydrogen) atoms. The molecule has 2 N–H and O–H groups in total. The number of fused-ring (bicyclic) bond motifs is 1. The predicted molar refractivity (Wildman–Crippen MR) is 75.0 cm³/mol. The van der Waals surface area contributed by atoms with Crippen LogP contribution in [0.5, 0.6) is 5.75 Å². The van der Waals surface area contributed by atoms with Gasteiger partial charge in [-0.1, -0.05) is 18.2 Å². The molecule has 5 heteroatoms. The van der Waals surface area contributed by atoms with Crippen molar-refractivity contribution in [3.05, 3.63) is 53.8 Å². The standard InChI is InChI=1S/C16H9NO4/c17-7-10-8-21-15-11(2-1-3-12(10)15)9-4-5-13(16(19)20)14(18)6-9/h1-6,8,18H,(H,19,20). The highest BCUT2D eigenvalue weighted by atomic mass is 16.4. The number of aromatic hydroxyl groups is 1. The molecule has 0 atom stereocenters. The van der Waals surface area contributed by atoms with E-state index in [1.165, 1.54) is 18.4 Å². The van der Waals surface area contributed by atoms with Crippen molar-refractivity contribution in [2.75, 3.05) is 0 Å². The third kappa shape index (κ3) is 1.99. The second-order valence-corrected chi connectivity index (χ2v) is 4.48.